The molecule has 3 nitrogen and oxygen atoms in total. The first kappa shape index (κ1) is 13.9. The van der Waals surface area contributed by atoms with Crippen LogP contribution in [0.3, 0.4) is 0 Å². The van der Waals surface area contributed by atoms with Crippen molar-refractivity contribution in [3.8, 4) is 0 Å². The Hall–Kier alpha value is -2.07. The van der Waals surface area contributed by atoms with Crippen molar-refractivity contribution in [1.82, 2.24) is 9.55 Å². The normalized spacial score (nSPS) is 11.9. The van der Waals surface area contributed by atoms with Crippen LogP contribution >= 0.6 is 15.9 Å². The van der Waals surface area contributed by atoms with Gasteiger partial charge in [0.25, 0.3) is 0 Å². The predicted octanol–water partition coefficient (Wildman–Crippen LogP) is 4.40. The van der Waals surface area contributed by atoms with Crippen molar-refractivity contribution in [3.63, 3.8) is 0 Å². The molecule has 0 amide bonds. The maximum absolute atomic E-state index is 4.55. The number of benzene rings is 2. The average molecular weight is 342 g/mol. The molecule has 3 rings (SSSR count). The Morgan fingerprint density at radius 3 is 2.57 bits per heavy atom. The standard InChI is InChI=1S/C17H16BrN3/c1-19-17-20-15-9-8-13(10-16(15)21(17)2)14(11-18)12-6-4-3-5-7-12/h3-11H,1-2H3,(H,19,20)/b14-11+. The van der Waals surface area contributed by atoms with E-state index in [9.17, 15) is 0 Å². The van der Waals surface area contributed by atoms with Crippen LogP contribution in [-0.2, 0) is 7.05 Å². The first-order valence-corrected chi connectivity index (χ1v) is 7.66. The third-order valence-electron chi connectivity index (χ3n) is 3.61. The molecule has 0 atom stereocenters. The minimum absolute atomic E-state index is 0.867. The van der Waals surface area contributed by atoms with Crippen molar-refractivity contribution in [3.05, 3.63) is 64.6 Å². The van der Waals surface area contributed by atoms with Crippen LogP contribution in [0.2, 0.25) is 0 Å². The van der Waals surface area contributed by atoms with Gasteiger partial charge in [-0.1, -0.05) is 52.3 Å². The van der Waals surface area contributed by atoms with Crippen LogP contribution in [0.4, 0.5) is 5.95 Å². The van der Waals surface area contributed by atoms with Crippen molar-refractivity contribution in [2.24, 2.45) is 7.05 Å². The van der Waals surface area contributed by atoms with Gasteiger partial charge in [-0.3, -0.25) is 0 Å². The fourth-order valence-electron chi connectivity index (χ4n) is 2.49. The number of halogens is 1. The van der Waals surface area contributed by atoms with Crippen molar-refractivity contribution >= 4 is 38.5 Å². The number of nitrogens with one attached hydrogen (secondary N) is 1. The lowest BCUT2D eigenvalue weighted by Gasteiger charge is -2.08. The molecule has 0 aliphatic carbocycles. The Balaban J connectivity index is 2.14. The summed E-state index contributed by atoms with van der Waals surface area (Å²) in [6.07, 6.45) is 0. The number of hydrogen-bond acceptors (Lipinski definition) is 2. The van der Waals surface area contributed by atoms with E-state index in [2.05, 4.69) is 61.1 Å². The molecule has 0 aliphatic heterocycles. The highest BCUT2D eigenvalue weighted by Gasteiger charge is 2.10. The summed E-state index contributed by atoms with van der Waals surface area (Å²) in [6, 6.07) is 16.7. The smallest absolute Gasteiger partial charge is 0.203 e. The number of anilines is 1. The molecule has 1 N–H and O–H groups in total. The molecule has 0 unspecified atom stereocenters. The van der Waals surface area contributed by atoms with Gasteiger partial charge in [0.2, 0.25) is 5.95 Å². The molecule has 0 bridgehead atoms. The minimum Gasteiger partial charge on any atom is -0.359 e. The lowest BCUT2D eigenvalue weighted by Crippen LogP contribution is -1.97. The molecular weight excluding hydrogens is 326 g/mol. The van der Waals surface area contributed by atoms with Gasteiger partial charge in [-0.05, 0) is 33.8 Å². The predicted molar refractivity (Wildman–Crippen MR) is 92.7 cm³/mol. The summed E-state index contributed by atoms with van der Waals surface area (Å²) < 4.78 is 2.07. The summed E-state index contributed by atoms with van der Waals surface area (Å²) in [6.45, 7) is 0. The molecule has 3 aromatic rings. The van der Waals surface area contributed by atoms with Crippen molar-refractivity contribution in [1.29, 1.82) is 0 Å². The van der Waals surface area contributed by atoms with Gasteiger partial charge < -0.3 is 9.88 Å². The van der Waals surface area contributed by atoms with Crippen LogP contribution in [0, 0.1) is 0 Å². The number of aromatic nitrogens is 2. The number of imidazole rings is 1. The van der Waals surface area contributed by atoms with Gasteiger partial charge in [-0.2, -0.15) is 0 Å². The van der Waals surface area contributed by atoms with E-state index in [1.165, 1.54) is 5.56 Å². The monoisotopic (exact) mass is 341 g/mol. The zero-order valence-corrected chi connectivity index (χ0v) is 13.6. The topological polar surface area (TPSA) is 29.9 Å². The van der Waals surface area contributed by atoms with Crippen molar-refractivity contribution in [2.75, 3.05) is 12.4 Å². The van der Waals surface area contributed by atoms with E-state index in [0.29, 0.717) is 0 Å². The average Bonchev–Trinajstić information content (AvgIpc) is 2.85. The Morgan fingerprint density at radius 2 is 1.90 bits per heavy atom. The van der Waals surface area contributed by atoms with Gasteiger partial charge in [0.05, 0.1) is 11.0 Å². The quantitative estimate of drug-likeness (QED) is 0.765. The second-order valence-corrected chi connectivity index (χ2v) is 5.29. The molecular formula is C17H16BrN3. The summed E-state index contributed by atoms with van der Waals surface area (Å²) in [5, 5.41) is 3.11. The molecule has 0 saturated carbocycles. The number of fused-ring (bicyclic) bond motifs is 1. The Kier molecular flexibility index (Phi) is 3.80. The summed E-state index contributed by atoms with van der Waals surface area (Å²) in [7, 11) is 3.90. The van der Waals surface area contributed by atoms with Gasteiger partial charge >= 0.3 is 0 Å². The number of hydrogen-bond donors (Lipinski definition) is 1. The summed E-state index contributed by atoms with van der Waals surface area (Å²) >= 11 is 3.49. The summed E-state index contributed by atoms with van der Waals surface area (Å²) in [5.41, 5.74) is 5.61. The van der Waals surface area contributed by atoms with Crippen LogP contribution < -0.4 is 5.32 Å². The molecule has 4 heteroatoms. The number of rotatable bonds is 3. The van der Waals surface area contributed by atoms with E-state index < -0.39 is 0 Å². The van der Waals surface area contributed by atoms with E-state index in [0.717, 1.165) is 28.1 Å². The Labute approximate surface area is 132 Å². The fourth-order valence-corrected chi connectivity index (χ4v) is 3.02. The Morgan fingerprint density at radius 1 is 1.14 bits per heavy atom. The van der Waals surface area contributed by atoms with E-state index >= 15 is 0 Å². The summed E-state index contributed by atoms with van der Waals surface area (Å²) in [4.78, 5) is 6.52. The maximum atomic E-state index is 4.55. The van der Waals surface area contributed by atoms with Crippen LogP contribution in [0.25, 0.3) is 16.6 Å². The molecule has 0 saturated heterocycles. The summed E-state index contributed by atoms with van der Waals surface area (Å²) in [5.74, 6) is 0.867. The molecule has 1 aromatic heterocycles. The molecule has 1 heterocycles. The third kappa shape index (κ3) is 2.47. The number of nitrogens with zero attached hydrogens (tertiary/aromatic N) is 2. The Bertz CT molecular complexity index is 804. The zero-order valence-electron chi connectivity index (χ0n) is 12.0. The highest BCUT2D eigenvalue weighted by molar-refractivity contribution is 9.11. The van der Waals surface area contributed by atoms with Gasteiger partial charge in [0.1, 0.15) is 0 Å². The lowest BCUT2D eigenvalue weighted by atomic mass is 9.99. The van der Waals surface area contributed by atoms with Crippen LogP contribution in [0.1, 0.15) is 11.1 Å². The van der Waals surface area contributed by atoms with E-state index in [1.54, 1.807) is 0 Å². The van der Waals surface area contributed by atoms with E-state index in [1.807, 2.05) is 37.3 Å². The highest BCUT2D eigenvalue weighted by Crippen LogP contribution is 2.28. The molecule has 106 valence electrons. The van der Waals surface area contributed by atoms with Crippen LogP contribution in [0.15, 0.2) is 53.5 Å². The molecule has 21 heavy (non-hydrogen) atoms. The van der Waals surface area contributed by atoms with Crippen molar-refractivity contribution in [2.45, 2.75) is 0 Å². The fraction of sp³-hybridized carbons (Fsp3) is 0.118. The molecule has 0 radical (unpaired) electrons. The first-order chi connectivity index (χ1) is 10.2. The van der Waals surface area contributed by atoms with Crippen LogP contribution in [-0.4, -0.2) is 16.6 Å². The van der Waals surface area contributed by atoms with E-state index in [4.69, 9.17) is 0 Å². The highest BCUT2D eigenvalue weighted by atomic mass is 79.9. The largest absolute Gasteiger partial charge is 0.359 e. The van der Waals surface area contributed by atoms with E-state index in [-0.39, 0.29) is 0 Å². The number of aryl methyl sites for hydroxylation is 1. The lowest BCUT2D eigenvalue weighted by molar-refractivity contribution is 0.952. The minimum atomic E-state index is 0.867. The second-order valence-electron chi connectivity index (χ2n) is 4.84. The SMILES string of the molecule is CNc1nc2ccc(/C(=C/Br)c3ccccc3)cc2n1C. The van der Waals surface area contributed by atoms with Crippen LogP contribution in [0.5, 0.6) is 0 Å². The second kappa shape index (κ2) is 5.74. The van der Waals surface area contributed by atoms with Gasteiger partial charge in [-0.25, -0.2) is 4.98 Å². The maximum Gasteiger partial charge on any atom is 0.203 e. The zero-order chi connectivity index (χ0) is 14.8. The molecule has 0 aliphatic rings. The van der Waals surface area contributed by atoms with Crippen molar-refractivity contribution < 1.29 is 0 Å². The van der Waals surface area contributed by atoms with Gasteiger partial charge in [0.15, 0.2) is 0 Å². The molecule has 2 aromatic carbocycles. The molecule has 0 spiro atoms. The van der Waals surface area contributed by atoms with Gasteiger partial charge in [0, 0.05) is 14.1 Å². The van der Waals surface area contributed by atoms with Gasteiger partial charge in [-0.15, -0.1) is 0 Å². The first-order valence-electron chi connectivity index (χ1n) is 6.75. The third-order valence-corrected chi connectivity index (χ3v) is 4.07. The molecule has 0 fully saturated rings.